The molecule has 0 amide bonds. The van der Waals surface area contributed by atoms with Gasteiger partial charge in [-0.05, 0) is 30.5 Å². The fourth-order valence-corrected chi connectivity index (χ4v) is 4.96. The van der Waals surface area contributed by atoms with Crippen LogP contribution in [0.4, 0.5) is 0 Å². The lowest BCUT2D eigenvalue weighted by molar-refractivity contribution is 0.198. The largest absolute Gasteiger partial charge is 0.354 e. The zero-order valence-electron chi connectivity index (χ0n) is 16.4. The minimum atomic E-state index is -3.64. The Labute approximate surface area is 193 Å². The number of guanidine groups is 1. The molecule has 0 spiro atoms. The Morgan fingerprint density at radius 2 is 1.90 bits per heavy atom. The first kappa shape index (κ1) is 24.1. The van der Waals surface area contributed by atoms with Crippen molar-refractivity contribution in [3.05, 3.63) is 52.9 Å². The number of thiophene rings is 1. The fraction of sp³-hybridized carbons (Fsp3) is 0.421. The molecule has 160 valence electrons. The number of nitrogens with zero attached hydrogens (tertiary/aromatic N) is 2. The Morgan fingerprint density at radius 3 is 2.48 bits per heavy atom. The Bertz CT molecular complexity index is 894. The highest BCUT2D eigenvalue weighted by Crippen LogP contribution is 2.20. The molecule has 0 radical (unpaired) electrons. The second-order valence-corrected chi connectivity index (χ2v) is 9.83. The van der Waals surface area contributed by atoms with Crippen LogP contribution in [0.2, 0.25) is 0 Å². The van der Waals surface area contributed by atoms with E-state index in [4.69, 9.17) is 5.14 Å². The third-order valence-electron chi connectivity index (χ3n) is 4.75. The van der Waals surface area contributed by atoms with Crippen molar-refractivity contribution < 1.29 is 8.42 Å². The standard InChI is InChI=1S/C19H27N5O2S2.HI/c1-21-19(22-13-17-7-8-18(27-17)28(20,25)26)23-16-9-11-24(12-10-16)14-15-5-3-2-4-6-15;/h2-8,16H,9-14H2,1H3,(H2,20,25,26)(H2,21,22,23);1H. The molecule has 1 aliphatic rings. The molecule has 7 nitrogen and oxygen atoms in total. The Hall–Kier alpha value is -1.21. The van der Waals surface area contributed by atoms with Crippen LogP contribution in [-0.2, 0) is 23.1 Å². The van der Waals surface area contributed by atoms with Crippen LogP contribution in [0.25, 0.3) is 0 Å². The van der Waals surface area contributed by atoms with E-state index in [1.165, 1.54) is 23.0 Å². The lowest BCUT2D eigenvalue weighted by atomic mass is 10.0. The van der Waals surface area contributed by atoms with Crippen LogP contribution in [0.1, 0.15) is 23.3 Å². The summed E-state index contributed by atoms with van der Waals surface area (Å²) < 4.78 is 22.9. The Morgan fingerprint density at radius 1 is 1.21 bits per heavy atom. The van der Waals surface area contributed by atoms with Crippen molar-refractivity contribution >= 4 is 51.3 Å². The Kier molecular flexibility index (Phi) is 9.34. The maximum Gasteiger partial charge on any atom is 0.247 e. The number of rotatable bonds is 6. The molecule has 1 fully saturated rings. The number of hydrogen-bond acceptors (Lipinski definition) is 5. The molecular weight excluding hydrogens is 521 g/mol. The topological polar surface area (TPSA) is 99.8 Å². The first-order valence-corrected chi connectivity index (χ1v) is 11.7. The quantitative estimate of drug-likeness (QED) is 0.292. The van der Waals surface area contributed by atoms with Gasteiger partial charge in [0.25, 0.3) is 0 Å². The van der Waals surface area contributed by atoms with E-state index >= 15 is 0 Å². The number of halogens is 1. The predicted molar refractivity (Wildman–Crippen MR) is 129 cm³/mol. The number of benzene rings is 1. The molecule has 29 heavy (non-hydrogen) atoms. The SMILES string of the molecule is CN=C(NCc1ccc(S(N)(=O)=O)s1)NC1CCN(Cc2ccccc2)CC1.I. The second kappa shape index (κ2) is 11.3. The average molecular weight is 550 g/mol. The number of likely N-dealkylation sites (tertiary alicyclic amines) is 1. The van der Waals surface area contributed by atoms with Gasteiger partial charge < -0.3 is 10.6 Å². The number of piperidine rings is 1. The molecular formula is C19H28IN5O2S2. The number of sulfonamides is 1. The lowest BCUT2D eigenvalue weighted by Crippen LogP contribution is -2.48. The zero-order chi connectivity index (χ0) is 20.0. The van der Waals surface area contributed by atoms with Crippen molar-refractivity contribution in [3.8, 4) is 0 Å². The molecule has 0 unspecified atom stereocenters. The van der Waals surface area contributed by atoms with E-state index in [-0.39, 0.29) is 28.2 Å². The van der Waals surface area contributed by atoms with Gasteiger partial charge in [0.05, 0.1) is 6.54 Å². The van der Waals surface area contributed by atoms with Crippen LogP contribution in [0.3, 0.4) is 0 Å². The van der Waals surface area contributed by atoms with Crippen LogP contribution in [-0.4, -0.2) is 45.5 Å². The summed E-state index contributed by atoms with van der Waals surface area (Å²) in [5, 5.41) is 11.9. The van der Waals surface area contributed by atoms with Crippen LogP contribution in [0.5, 0.6) is 0 Å². The summed E-state index contributed by atoms with van der Waals surface area (Å²) in [6.45, 7) is 3.59. The van der Waals surface area contributed by atoms with E-state index in [1.807, 2.05) is 6.07 Å². The zero-order valence-corrected chi connectivity index (χ0v) is 20.3. The summed E-state index contributed by atoms with van der Waals surface area (Å²) in [7, 11) is -1.90. The van der Waals surface area contributed by atoms with E-state index in [9.17, 15) is 8.42 Å². The minimum absolute atomic E-state index is 0. The van der Waals surface area contributed by atoms with Crippen LogP contribution < -0.4 is 15.8 Å². The highest BCUT2D eigenvalue weighted by molar-refractivity contribution is 14.0. The van der Waals surface area contributed by atoms with Gasteiger partial charge in [-0.25, -0.2) is 13.6 Å². The molecule has 2 heterocycles. The maximum atomic E-state index is 11.4. The van der Waals surface area contributed by atoms with E-state index in [2.05, 4.69) is 44.8 Å². The molecule has 0 bridgehead atoms. The van der Waals surface area contributed by atoms with Gasteiger partial charge in [-0.1, -0.05) is 30.3 Å². The van der Waals surface area contributed by atoms with Gasteiger partial charge >= 0.3 is 0 Å². The van der Waals surface area contributed by atoms with Gasteiger partial charge in [0, 0.05) is 37.6 Å². The molecule has 4 N–H and O–H groups in total. The summed E-state index contributed by atoms with van der Waals surface area (Å²) in [5.41, 5.74) is 1.35. The maximum absolute atomic E-state index is 11.4. The van der Waals surface area contributed by atoms with E-state index in [0.29, 0.717) is 12.6 Å². The van der Waals surface area contributed by atoms with Gasteiger partial charge in [-0.15, -0.1) is 35.3 Å². The number of nitrogens with two attached hydrogens (primary N) is 1. The van der Waals surface area contributed by atoms with Crippen molar-refractivity contribution in [3.63, 3.8) is 0 Å². The third kappa shape index (κ3) is 7.52. The van der Waals surface area contributed by atoms with Crippen LogP contribution in [0, 0.1) is 0 Å². The molecule has 0 atom stereocenters. The summed E-state index contributed by atoms with van der Waals surface area (Å²) in [4.78, 5) is 7.65. The third-order valence-corrected chi connectivity index (χ3v) is 7.27. The summed E-state index contributed by atoms with van der Waals surface area (Å²) in [6.07, 6.45) is 2.12. The molecule has 0 saturated carbocycles. The molecule has 1 aromatic heterocycles. The van der Waals surface area contributed by atoms with Gasteiger partial charge in [-0.3, -0.25) is 9.89 Å². The van der Waals surface area contributed by atoms with Gasteiger partial charge in [-0.2, -0.15) is 0 Å². The Balaban J connectivity index is 0.00000300. The lowest BCUT2D eigenvalue weighted by Gasteiger charge is -2.33. The minimum Gasteiger partial charge on any atom is -0.354 e. The van der Waals surface area contributed by atoms with E-state index in [1.54, 1.807) is 13.1 Å². The van der Waals surface area contributed by atoms with Gasteiger partial charge in [0.1, 0.15) is 4.21 Å². The smallest absolute Gasteiger partial charge is 0.247 e. The van der Waals surface area contributed by atoms with Gasteiger partial charge in [0.2, 0.25) is 10.0 Å². The van der Waals surface area contributed by atoms with Gasteiger partial charge in [0.15, 0.2) is 5.96 Å². The first-order chi connectivity index (χ1) is 13.4. The monoisotopic (exact) mass is 549 g/mol. The molecule has 1 aliphatic heterocycles. The van der Waals surface area contributed by atoms with Crippen LogP contribution >= 0.6 is 35.3 Å². The number of hydrogen-bond donors (Lipinski definition) is 3. The van der Waals surface area contributed by atoms with Crippen molar-refractivity contribution in [2.75, 3.05) is 20.1 Å². The van der Waals surface area contributed by atoms with Crippen molar-refractivity contribution in [2.45, 2.75) is 36.2 Å². The van der Waals surface area contributed by atoms with E-state index in [0.717, 1.165) is 43.3 Å². The molecule has 0 aliphatic carbocycles. The molecule has 1 aromatic carbocycles. The van der Waals surface area contributed by atoms with E-state index < -0.39 is 10.0 Å². The second-order valence-electron chi connectivity index (χ2n) is 6.87. The van der Waals surface area contributed by atoms with Crippen LogP contribution in [0.15, 0.2) is 51.7 Å². The normalized spacial score (nSPS) is 16.3. The fourth-order valence-electron chi connectivity index (χ4n) is 3.24. The van der Waals surface area contributed by atoms with Crippen molar-refractivity contribution in [1.82, 2.24) is 15.5 Å². The van der Waals surface area contributed by atoms with Crippen molar-refractivity contribution in [1.29, 1.82) is 0 Å². The summed E-state index contributed by atoms with van der Waals surface area (Å²) >= 11 is 1.17. The average Bonchev–Trinajstić information content (AvgIpc) is 3.17. The predicted octanol–water partition coefficient (Wildman–Crippen LogP) is 2.34. The molecule has 2 aromatic rings. The first-order valence-electron chi connectivity index (χ1n) is 9.29. The van der Waals surface area contributed by atoms with Crippen molar-refractivity contribution in [2.24, 2.45) is 10.1 Å². The number of primary sulfonamides is 1. The molecule has 3 rings (SSSR count). The summed E-state index contributed by atoms with van der Waals surface area (Å²) in [5.74, 6) is 0.729. The molecule has 10 heteroatoms. The summed E-state index contributed by atoms with van der Waals surface area (Å²) in [6, 6.07) is 14.2. The number of aliphatic imine (C=N–C) groups is 1. The highest BCUT2D eigenvalue weighted by atomic mass is 127. The molecule has 1 saturated heterocycles. The number of nitrogens with one attached hydrogen (secondary N) is 2. The highest BCUT2D eigenvalue weighted by Gasteiger charge is 2.20.